The van der Waals surface area contributed by atoms with Crippen LogP contribution in [0.2, 0.25) is 0 Å². The van der Waals surface area contributed by atoms with E-state index in [1.165, 1.54) is 32.1 Å². The summed E-state index contributed by atoms with van der Waals surface area (Å²) in [7, 11) is 0. The summed E-state index contributed by atoms with van der Waals surface area (Å²) in [6.45, 7) is 0.158. The molecule has 2 fully saturated rings. The number of rotatable bonds is 5. The molecule has 0 unspecified atom stereocenters. The van der Waals surface area contributed by atoms with Crippen molar-refractivity contribution in [3.8, 4) is 0 Å². The van der Waals surface area contributed by atoms with Crippen LogP contribution in [0.15, 0.2) is 0 Å². The second-order valence-electron chi connectivity index (χ2n) is 5.41. The molecule has 0 heterocycles. The minimum absolute atomic E-state index is 0.0449. The van der Waals surface area contributed by atoms with Crippen LogP contribution in [0.3, 0.4) is 0 Å². The largest absolute Gasteiger partial charge is 0.396 e. The minimum atomic E-state index is -0.0449. The molecule has 1 atom stereocenters. The Balaban J connectivity index is 1.79. The highest BCUT2D eigenvalue weighted by Crippen LogP contribution is 2.27. The Kier molecular flexibility index (Phi) is 4.66. The van der Waals surface area contributed by atoms with Gasteiger partial charge in [-0.15, -0.1) is 0 Å². The fraction of sp³-hybridized carbons (Fsp3) is 0.923. The van der Waals surface area contributed by atoms with Crippen molar-refractivity contribution < 1.29 is 9.90 Å². The molecular weight excluding hydrogens is 216 g/mol. The second-order valence-corrected chi connectivity index (χ2v) is 5.41. The summed E-state index contributed by atoms with van der Waals surface area (Å²) in [6, 6.07) is 0.506. The van der Waals surface area contributed by atoms with E-state index in [4.69, 9.17) is 5.11 Å². The number of amides is 2. The number of hydrogen-bond acceptors (Lipinski definition) is 2. The smallest absolute Gasteiger partial charge is 0.315 e. The number of carbonyl (C=O) groups excluding carboxylic acids is 1. The Bertz CT molecular complexity index is 248. The molecule has 4 heteroatoms. The van der Waals surface area contributed by atoms with E-state index in [2.05, 4.69) is 10.6 Å². The average Bonchev–Trinajstić information content (AvgIpc) is 3.13. The summed E-state index contributed by atoms with van der Waals surface area (Å²) >= 11 is 0. The molecule has 2 aliphatic rings. The van der Waals surface area contributed by atoms with Crippen LogP contribution in [0.5, 0.6) is 0 Å². The zero-order valence-electron chi connectivity index (χ0n) is 10.5. The maximum Gasteiger partial charge on any atom is 0.315 e. The van der Waals surface area contributed by atoms with Gasteiger partial charge < -0.3 is 15.7 Å². The van der Waals surface area contributed by atoms with E-state index < -0.39 is 0 Å². The highest BCUT2D eigenvalue weighted by molar-refractivity contribution is 5.74. The van der Waals surface area contributed by atoms with Gasteiger partial charge in [-0.1, -0.05) is 19.3 Å². The molecule has 2 aliphatic carbocycles. The molecule has 0 bridgehead atoms. The van der Waals surface area contributed by atoms with Crippen LogP contribution >= 0.6 is 0 Å². The van der Waals surface area contributed by atoms with Gasteiger partial charge in [0.15, 0.2) is 0 Å². The zero-order chi connectivity index (χ0) is 12.1. The molecule has 2 saturated carbocycles. The van der Waals surface area contributed by atoms with Gasteiger partial charge in [0.2, 0.25) is 0 Å². The van der Waals surface area contributed by atoms with Crippen LogP contribution in [0, 0.1) is 5.92 Å². The minimum Gasteiger partial charge on any atom is -0.396 e. The van der Waals surface area contributed by atoms with E-state index in [-0.39, 0.29) is 18.7 Å². The molecule has 17 heavy (non-hydrogen) atoms. The van der Waals surface area contributed by atoms with E-state index in [0.29, 0.717) is 18.4 Å². The van der Waals surface area contributed by atoms with Gasteiger partial charge in [0, 0.05) is 18.7 Å². The molecule has 0 spiro atoms. The zero-order valence-corrected chi connectivity index (χ0v) is 10.5. The number of hydrogen-bond donors (Lipinski definition) is 3. The Morgan fingerprint density at radius 1 is 1.18 bits per heavy atom. The van der Waals surface area contributed by atoms with Crippen molar-refractivity contribution in [2.75, 3.05) is 6.61 Å². The lowest BCUT2D eigenvalue weighted by Gasteiger charge is -2.30. The Morgan fingerprint density at radius 3 is 2.47 bits per heavy atom. The van der Waals surface area contributed by atoms with Crippen molar-refractivity contribution in [1.82, 2.24) is 10.6 Å². The average molecular weight is 240 g/mol. The Morgan fingerprint density at radius 2 is 1.88 bits per heavy atom. The third-order valence-electron chi connectivity index (χ3n) is 3.89. The molecule has 0 aromatic carbocycles. The van der Waals surface area contributed by atoms with Crippen molar-refractivity contribution in [2.45, 2.75) is 63.5 Å². The fourth-order valence-electron chi connectivity index (χ4n) is 2.72. The summed E-state index contributed by atoms with van der Waals surface area (Å²) in [5.74, 6) is 0.556. The highest BCUT2D eigenvalue weighted by atomic mass is 16.3. The third kappa shape index (κ3) is 4.19. The maximum atomic E-state index is 11.7. The van der Waals surface area contributed by atoms with Crippen molar-refractivity contribution in [3.05, 3.63) is 0 Å². The first-order valence-electron chi connectivity index (χ1n) is 6.97. The summed E-state index contributed by atoms with van der Waals surface area (Å²) in [5, 5.41) is 15.1. The van der Waals surface area contributed by atoms with E-state index in [9.17, 15) is 4.79 Å². The summed E-state index contributed by atoms with van der Waals surface area (Å²) in [6.07, 6.45) is 9.13. The molecule has 3 N–H and O–H groups in total. The summed E-state index contributed by atoms with van der Waals surface area (Å²) in [4.78, 5) is 11.7. The Labute approximate surface area is 103 Å². The first-order chi connectivity index (χ1) is 8.29. The SMILES string of the molecule is O=C(NC1CC1)N[C@@H](CCO)C1CCCCC1. The topological polar surface area (TPSA) is 61.4 Å². The van der Waals surface area contributed by atoms with Crippen LogP contribution < -0.4 is 10.6 Å². The first-order valence-corrected chi connectivity index (χ1v) is 6.97. The van der Waals surface area contributed by atoms with Crippen LogP contribution in [0.1, 0.15) is 51.4 Å². The highest BCUT2D eigenvalue weighted by Gasteiger charge is 2.27. The number of urea groups is 1. The normalized spacial score (nSPS) is 23.1. The molecule has 0 aromatic rings. The molecule has 0 saturated heterocycles. The molecule has 2 amide bonds. The van der Waals surface area contributed by atoms with E-state index in [0.717, 1.165) is 12.8 Å². The van der Waals surface area contributed by atoms with Gasteiger partial charge in [0.1, 0.15) is 0 Å². The van der Waals surface area contributed by atoms with Gasteiger partial charge in [-0.05, 0) is 38.0 Å². The number of aliphatic hydroxyl groups excluding tert-OH is 1. The van der Waals surface area contributed by atoms with Gasteiger partial charge in [0.25, 0.3) is 0 Å². The molecule has 4 nitrogen and oxygen atoms in total. The molecule has 0 radical (unpaired) electrons. The van der Waals surface area contributed by atoms with Crippen LogP contribution in [0.25, 0.3) is 0 Å². The van der Waals surface area contributed by atoms with Gasteiger partial charge >= 0.3 is 6.03 Å². The predicted molar refractivity (Wildman–Crippen MR) is 66.8 cm³/mol. The van der Waals surface area contributed by atoms with E-state index >= 15 is 0 Å². The quantitative estimate of drug-likeness (QED) is 0.686. The lowest BCUT2D eigenvalue weighted by atomic mass is 9.83. The predicted octanol–water partition coefficient (Wildman–Crippen LogP) is 1.78. The lowest BCUT2D eigenvalue weighted by Crippen LogP contribution is -2.47. The van der Waals surface area contributed by atoms with E-state index in [1.807, 2.05) is 0 Å². The van der Waals surface area contributed by atoms with Gasteiger partial charge in [-0.3, -0.25) is 0 Å². The van der Waals surface area contributed by atoms with Crippen LogP contribution in [-0.2, 0) is 0 Å². The van der Waals surface area contributed by atoms with Crippen molar-refractivity contribution in [1.29, 1.82) is 0 Å². The first kappa shape index (κ1) is 12.7. The molecule has 2 rings (SSSR count). The summed E-state index contributed by atoms with van der Waals surface area (Å²) in [5.41, 5.74) is 0. The van der Waals surface area contributed by atoms with Gasteiger partial charge in [0.05, 0.1) is 0 Å². The third-order valence-corrected chi connectivity index (χ3v) is 3.89. The van der Waals surface area contributed by atoms with Crippen molar-refractivity contribution in [2.24, 2.45) is 5.92 Å². The molecule has 98 valence electrons. The van der Waals surface area contributed by atoms with Crippen molar-refractivity contribution in [3.63, 3.8) is 0 Å². The number of carbonyl (C=O) groups is 1. The fourth-order valence-corrected chi connectivity index (χ4v) is 2.72. The van der Waals surface area contributed by atoms with E-state index in [1.54, 1.807) is 0 Å². The number of nitrogens with one attached hydrogen (secondary N) is 2. The number of aliphatic hydroxyl groups is 1. The maximum absolute atomic E-state index is 11.7. The van der Waals surface area contributed by atoms with Crippen LogP contribution in [0.4, 0.5) is 4.79 Å². The lowest BCUT2D eigenvalue weighted by molar-refractivity contribution is 0.196. The van der Waals surface area contributed by atoms with Crippen molar-refractivity contribution >= 4 is 6.03 Å². The monoisotopic (exact) mass is 240 g/mol. The molecular formula is C13H24N2O2. The van der Waals surface area contributed by atoms with Gasteiger partial charge in [-0.2, -0.15) is 0 Å². The Hall–Kier alpha value is -0.770. The molecule has 0 aromatic heterocycles. The second kappa shape index (κ2) is 6.24. The summed E-state index contributed by atoms with van der Waals surface area (Å²) < 4.78 is 0. The van der Waals surface area contributed by atoms with Crippen LogP contribution in [-0.4, -0.2) is 29.8 Å². The standard InChI is InChI=1S/C13H24N2O2/c16-9-8-12(10-4-2-1-3-5-10)15-13(17)14-11-6-7-11/h10-12,16H,1-9H2,(H2,14,15,17)/t12-/m0/s1. The van der Waals surface area contributed by atoms with Gasteiger partial charge in [-0.25, -0.2) is 4.79 Å². The molecule has 0 aliphatic heterocycles.